The van der Waals surface area contributed by atoms with Crippen molar-refractivity contribution in [1.29, 1.82) is 0 Å². The molecule has 2 aromatic carbocycles. The molecule has 1 saturated heterocycles. The van der Waals surface area contributed by atoms with Gasteiger partial charge in [0.25, 0.3) is 11.6 Å². The Bertz CT molecular complexity index is 859. The zero-order chi connectivity index (χ0) is 19.4. The minimum atomic E-state index is -0.492. The number of nitrogens with two attached hydrogens (primary N) is 1. The molecule has 2 aromatic rings. The summed E-state index contributed by atoms with van der Waals surface area (Å²) in [6.07, 6.45) is 1.72. The molecule has 142 valence electrons. The summed E-state index contributed by atoms with van der Waals surface area (Å²) in [5.74, 6) is -0.231. The minimum absolute atomic E-state index is 0.0470. The van der Waals surface area contributed by atoms with E-state index in [-0.39, 0.29) is 17.6 Å². The van der Waals surface area contributed by atoms with Gasteiger partial charge in [-0.05, 0) is 36.6 Å². The van der Waals surface area contributed by atoms with Crippen LogP contribution in [0.1, 0.15) is 28.8 Å². The van der Waals surface area contributed by atoms with E-state index in [1.165, 1.54) is 6.07 Å². The van der Waals surface area contributed by atoms with Gasteiger partial charge in [-0.3, -0.25) is 14.9 Å². The monoisotopic (exact) mass is 388 g/mol. The van der Waals surface area contributed by atoms with E-state index in [0.717, 1.165) is 18.4 Å². The third-order valence-electron chi connectivity index (χ3n) is 4.61. The van der Waals surface area contributed by atoms with Gasteiger partial charge in [-0.15, -0.1) is 0 Å². The minimum Gasteiger partial charge on any atom is -0.375 e. The number of likely N-dealkylation sites (tertiary alicyclic amines) is 1. The molecule has 27 heavy (non-hydrogen) atoms. The molecule has 0 radical (unpaired) electrons. The molecule has 1 aliphatic heterocycles. The van der Waals surface area contributed by atoms with Crippen molar-refractivity contribution in [2.24, 2.45) is 5.73 Å². The second-order valence-corrected chi connectivity index (χ2v) is 6.99. The van der Waals surface area contributed by atoms with Crippen LogP contribution >= 0.6 is 11.6 Å². The van der Waals surface area contributed by atoms with Crippen LogP contribution < -0.4 is 11.1 Å². The van der Waals surface area contributed by atoms with Crippen molar-refractivity contribution in [2.45, 2.75) is 25.4 Å². The molecular weight excluding hydrogens is 368 g/mol. The van der Waals surface area contributed by atoms with Crippen LogP contribution in [0.5, 0.6) is 0 Å². The fraction of sp³-hybridized carbons (Fsp3) is 0.316. The highest BCUT2D eigenvalue weighted by molar-refractivity contribution is 6.31. The van der Waals surface area contributed by atoms with E-state index in [1.807, 2.05) is 18.2 Å². The zero-order valence-corrected chi connectivity index (χ0v) is 15.5. The number of nitrogens with one attached hydrogen (secondary N) is 1. The zero-order valence-electron chi connectivity index (χ0n) is 14.7. The van der Waals surface area contributed by atoms with Gasteiger partial charge in [0.15, 0.2) is 0 Å². The second-order valence-electron chi connectivity index (χ2n) is 6.59. The Morgan fingerprint density at radius 2 is 2.11 bits per heavy atom. The molecule has 0 aromatic heterocycles. The van der Waals surface area contributed by atoms with Gasteiger partial charge < -0.3 is 16.0 Å². The summed E-state index contributed by atoms with van der Waals surface area (Å²) in [6.45, 7) is 1.43. The highest BCUT2D eigenvalue weighted by atomic mass is 35.5. The average Bonchev–Trinajstić information content (AvgIpc) is 2.66. The number of halogens is 1. The van der Waals surface area contributed by atoms with E-state index >= 15 is 0 Å². The van der Waals surface area contributed by atoms with Crippen molar-refractivity contribution in [1.82, 2.24) is 4.90 Å². The number of anilines is 1. The lowest BCUT2D eigenvalue weighted by molar-refractivity contribution is -0.384. The van der Waals surface area contributed by atoms with E-state index in [2.05, 4.69) is 5.32 Å². The highest BCUT2D eigenvalue weighted by Gasteiger charge is 2.24. The largest absolute Gasteiger partial charge is 0.375 e. The summed E-state index contributed by atoms with van der Waals surface area (Å²) in [6, 6.07) is 11.7. The molecule has 0 spiro atoms. The number of hydrogen-bond acceptors (Lipinski definition) is 5. The number of benzene rings is 2. The molecule has 1 amide bonds. The van der Waals surface area contributed by atoms with Gasteiger partial charge >= 0.3 is 0 Å². The molecule has 1 heterocycles. The lowest BCUT2D eigenvalue weighted by Gasteiger charge is -2.30. The molecule has 1 fully saturated rings. The molecule has 7 nitrogen and oxygen atoms in total. The van der Waals surface area contributed by atoms with Crippen LogP contribution in [0, 0.1) is 10.1 Å². The quantitative estimate of drug-likeness (QED) is 0.603. The Morgan fingerprint density at radius 3 is 2.81 bits per heavy atom. The average molecular weight is 389 g/mol. The SMILES string of the molecule is NC1CCCN(C(=O)c2ccc(NCc3ccccc3Cl)c([N+](=O)[O-])c2)C1. The van der Waals surface area contributed by atoms with Gasteiger partial charge in [0.1, 0.15) is 5.69 Å². The molecule has 1 aliphatic rings. The highest BCUT2D eigenvalue weighted by Crippen LogP contribution is 2.28. The summed E-state index contributed by atoms with van der Waals surface area (Å²) >= 11 is 6.12. The van der Waals surface area contributed by atoms with Gasteiger partial charge in [0.05, 0.1) is 4.92 Å². The Hall–Kier alpha value is -2.64. The summed E-state index contributed by atoms with van der Waals surface area (Å²) in [4.78, 5) is 25.3. The summed E-state index contributed by atoms with van der Waals surface area (Å²) in [5.41, 5.74) is 7.24. The molecule has 8 heteroatoms. The maximum absolute atomic E-state index is 12.7. The van der Waals surface area contributed by atoms with Crippen LogP contribution in [-0.2, 0) is 6.54 Å². The Kier molecular flexibility index (Phi) is 5.93. The third-order valence-corrected chi connectivity index (χ3v) is 4.98. The van der Waals surface area contributed by atoms with Crippen LogP contribution in [0.15, 0.2) is 42.5 Å². The van der Waals surface area contributed by atoms with Crippen molar-refractivity contribution >= 4 is 28.9 Å². The Labute approximate surface area is 162 Å². The third kappa shape index (κ3) is 4.56. The molecule has 1 atom stereocenters. The topological polar surface area (TPSA) is 102 Å². The van der Waals surface area contributed by atoms with E-state index in [0.29, 0.717) is 35.9 Å². The number of rotatable bonds is 5. The van der Waals surface area contributed by atoms with Gasteiger partial charge in [0, 0.05) is 42.3 Å². The predicted molar refractivity (Wildman–Crippen MR) is 105 cm³/mol. The smallest absolute Gasteiger partial charge is 0.293 e. The molecule has 1 unspecified atom stereocenters. The fourth-order valence-electron chi connectivity index (χ4n) is 3.17. The lowest BCUT2D eigenvalue weighted by atomic mass is 10.0. The number of hydrogen-bond donors (Lipinski definition) is 2. The number of amides is 1. The number of carbonyl (C=O) groups excluding carboxylic acids is 1. The van der Waals surface area contributed by atoms with Crippen LogP contribution in [0.4, 0.5) is 11.4 Å². The van der Waals surface area contributed by atoms with Crippen molar-refractivity contribution < 1.29 is 9.72 Å². The van der Waals surface area contributed by atoms with Crippen molar-refractivity contribution in [3.63, 3.8) is 0 Å². The first-order valence-corrected chi connectivity index (χ1v) is 9.14. The normalized spacial score (nSPS) is 16.8. The lowest BCUT2D eigenvalue weighted by Crippen LogP contribution is -2.45. The van der Waals surface area contributed by atoms with Crippen molar-refractivity contribution in [2.75, 3.05) is 18.4 Å². The first-order chi connectivity index (χ1) is 13.0. The van der Waals surface area contributed by atoms with Crippen LogP contribution in [-0.4, -0.2) is 34.9 Å². The second kappa shape index (κ2) is 8.37. The van der Waals surface area contributed by atoms with Crippen molar-refractivity contribution in [3.05, 3.63) is 68.7 Å². The van der Waals surface area contributed by atoms with Gasteiger partial charge in [-0.1, -0.05) is 29.8 Å². The molecule has 0 saturated carbocycles. The maximum Gasteiger partial charge on any atom is 0.293 e. The van der Waals surface area contributed by atoms with E-state index in [4.69, 9.17) is 17.3 Å². The maximum atomic E-state index is 12.7. The summed E-state index contributed by atoms with van der Waals surface area (Å²) in [7, 11) is 0. The first-order valence-electron chi connectivity index (χ1n) is 8.76. The van der Waals surface area contributed by atoms with Crippen LogP contribution in [0.25, 0.3) is 0 Å². The number of piperidine rings is 1. The predicted octanol–water partition coefficient (Wildman–Crippen LogP) is 3.42. The molecular formula is C19H21ClN4O3. The number of nitrogens with zero attached hydrogens (tertiary/aromatic N) is 2. The summed E-state index contributed by atoms with van der Waals surface area (Å²) in [5, 5.41) is 15.1. The number of carbonyl (C=O) groups is 1. The van der Waals surface area contributed by atoms with Crippen molar-refractivity contribution in [3.8, 4) is 0 Å². The molecule has 0 aliphatic carbocycles. The van der Waals surface area contributed by atoms with Crippen LogP contribution in [0.2, 0.25) is 5.02 Å². The Morgan fingerprint density at radius 1 is 1.33 bits per heavy atom. The van der Waals surface area contributed by atoms with E-state index < -0.39 is 4.92 Å². The summed E-state index contributed by atoms with van der Waals surface area (Å²) < 4.78 is 0. The molecule has 0 bridgehead atoms. The van der Waals surface area contributed by atoms with Crippen LogP contribution in [0.3, 0.4) is 0 Å². The number of nitro benzene ring substituents is 1. The van der Waals surface area contributed by atoms with Gasteiger partial charge in [0.2, 0.25) is 0 Å². The first kappa shape index (κ1) is 19.1. The number of nitro groups is 1. The standard InChI is InChI=1S/C19H21ClN4O3/c20-16-6-2-1-4-14(16)11-22-17-8-7-13(10-18(17)24(26)27)19(25)23-9-3-5-15(21)12-23/h1-2,4,6-8,10,15,22H,3,5,9,11-12,21H2. The molecule has 3 N–H and O–H groups in total. The van der Waals surface area contributed by atoms with Gasteiger partial charge in [-0.2, -0.15) is 0 Å². The fourth-order valence-corrected chi connectivity index (χ4v) is 3.38. The Balaban J connectivity index is 1.79. The van der Waals surface area contributed by atoms with Gasteiger partial charge in [-0.25, -0.2) is 0 Å². The molecule has 3 rings (SSSR count). The van der Waals surface area contributed by atoms with E-state index in [1.54, 1.807) is 23.1 Å². The van der Waals surface area contributed by atoms with E-state index in [9.17, 15) is 14.9 Å².